The molecule has 2 aliphatic heterocycles. The zero-order chi connectivity index (χ0) is 19.7. The number of amides is 1. The first-order valence-corrected chi connectivity index (χ1v) is 11.0. The Hall–Kier alpha value is -1.70. The minimum atomic E-state index is -0.145. The topological polar surface area (TPSA) is 80.5 Å². The third-order valence-corrected chi connectivity index (χ3v) is 7.39. The van der Waals surface area contributed by atoms with Crippen LogP contribution in [0.3, 0.4) is 0 Å². The number of pyridine rings is 1. The van der Waals surface area contributed by atoms with Crippen molar-refractivity contribution in [2.45, 2.75) is 38.0 Å². The van der Waals surface area contributed by atoms with Crippen molar-refractivity contribution in [3.63, 3.8) is 0 Å². The molecule has 0 bridgehead atoms. The number of ether oxygens (including phenoxy) is 1. The maximum atomic E-state index is 12.1. The van der Waals surface area contributed by atoms with Crippen LogP contribution >= 0.6 is 11.3 Å². The molecule has 1 amide bonds. The molecule has 28 heavy (non-hydrogen) atoms. The van der Waals surface area contributed by atoms with Gasteiger partial charge in [-0.15, -0.1) is 11.3 Å². The summed E-state index contributed by atoms with van der Waals surface area (Å²) in [5, 5.41) is 3.54. The van der Waals surface area contributed by atoms with Crippen LogP contribution in [0.25, 0.3) is 10.2 Å². The molecule has 2 saturated heterocycles. The van der Waals surface area contributed by atoms with Gasteiger partial charge in [-0.2, -0.15) is 0 Å². The summed E-state index contributed by atoms with van der Waals surface area (Å²) < 4.78 is 5.51. The molecule has 0 aliphatic carbocycles. The standard InChI is InChI=1S/C21H30N4O2S/c1-21(8-3-9-25(13-21)12-14-6-10-27-11-7-14)16-5-4-15-17(22)18(19(26)23-2)28-20(15)24-16/h4-5,14H,3,6-13,22H2,1-2H3,(H,23,26). The smallest absolute Gasteiger partial charge is 0.263 e. The fourth-order valence-electron chi connectivity index (χ4n) is 4.62. The number of aromatic nitrogens is 1. The van der Waals surface area contributed by atoms with Crippen molar-refractivity contribution in [1.29, 1.82) is 0 Å². The van der Waals surface area contributed by atoms with Crippen LogP contribution in [0.5, 0.6) is 0 Å². The van der Waals surface area contributed by atoms with E-state index in [0.717, 1.165) is 54.6 Å². The van der Waals surface area contributed by atoms with E-state index in [0.29, 0.717) is 10.6 Å². The normalized spacial score (nSPS) is 24.5. The van der Waals surface area contributed by atoms with Crippen molar-refractivity contribution < 1.29 is 9.53 Å². The highest BCUT2D eigenvalue weighted by Crippen LogP contribution is 2.38. The number of hydrogen-bond acceptors (Lipinski definition) is 6. The number of fused-ring (bicyclic) bond motifs is 1. The molecular weight excluding hydrogens is 372 g/mol. The largest absolute Gasteiger partial charge is 0.397 e. The number of nitrogens with zero attached hydrogens (tertiary/aromatic N) is 2. The maximum absolute atomic E-state index is 12.1. The highest BCUT2D eigenvalue weighted by molar-refractivity contribution is 7.21. The lowest BCUT2D eigenvalue weighted by molar-refractivity contribution is 0.0429. The quantitative estimate of drug-likeness (QED) is 0.822. The van der Waals surface area contributed by atoms with Crippen LogP contribution in [0.2, 0.25) is 0 Å². The van der Waals surface area contributed by atoms with Crippen molar-refractivity contribution in [3.8, 4) is 0 Å². The summed E-state index contributed by atoms with van der Waals surface area (Å²) in [5.41, 5.74) is 7.87. The number of carbonyl (C=O) groups excluding carboxylic acids is 1. The molecule has 2 aromatic rings. The minimum Gasteiger partial charge on any atom is -0.397 e. The molecule has 4 rings (SSSR count). The number of thiophene rings is 1. The summed E-state index contributed by atoms with van der Waals surface area (Å²) in [6.07, 6.45) is 4.68. The summed E-state index contributed by atoms with van der Waals surface area (Å²) in [7, 11) is 1.63. The zero-order valence-corrected chi connectivity index (χ0v) is 17.6. The summed E-state index contributed by atoms with van der Waals surface area (Å²) in [5.74, 6) is 0.604. The Balaban J connectivity index is 1.56. The molecule has 7 heteroatoms. The van der Waals surface area contributed by atoms with Gasteiger partial charge in [-0.05, 0) is 50.3 Å². The second-order valence-electron chi connectivity index (χ2n) is 8.43. The highest BCUT2D eigenvalue weighted by atomic mass is 32.1. The Morgan fingerprint density at radius 2 is 2.21 bits per heavy atom. The molecular formula is C21H30N4O2S. The van der Waals surface area contributed by atoms with Crippen molar-refractivity contribution in [2.24, 2.45) is 5.92 Å². The Bertz CT molecular complexity index is 861. The molecule has 0 radical (unpaired) electrons. The lowest BCUT2D eigenvalue weighted by Crippen LogP contribution is -2.46. The summed E-state index contributed by atoms with van der Waals surface area (Å²) in [4.78, 5) is 21.0. The van der Waals surface area contributed by atoms with Crippen molar-refractivity contribution in [1.82, 2.24) is 15.2 Å². The molecule has 2 fully saturated rings. The summed E-state index contributed by atoms with van der Waals surface area (Å²) in [6.45, 7) is 7.50. The van der Waals surface area contributed by atoms with Gasteiger partial charge in [0.1, 0.15) is 9.71 Å². The molecule has 2 aliphatic rings. The molecule has 0 spiro atoms. The maximum Gasteiger partial charge on any atom is 0.263 e. The van der Waals surface area contributed by atoms with Gasteiger partial charge in [-0.3, -0.25) is 4.79 Å². The molecule has 152 valence electrons. The molecule has 0 saturated carbocycles. The van der Waals surface area contributed by atoms with Crippen molar-refractivity contribution in [2.75, 3.05) is 45.6 Å². The van der Waals surface area contributed by atoms with Gasteiger partial charge in [-0.25, -0.2) is 4.98 Å². The zero-order valence-electron chi connectivity index (χ0n) is 16.8. The lowest BCUT2D eigenvalue weighted by Gasteiger charge is -2.42. The Morgan fingerprint density at radius 3 is 2.96 bits per heavy atom. The third kappa shape index (κ3) is 3.75. The van der Waals surface area contributed by atoms with Gasteiger partial charge in [0, 0.05) is 49.8 Å². The first-order valence-electron chi connectivity index (χ1n) is 10.2. The first kappa shape index (κ1) is 19.6. The number of likely N-dealkylation sites (tertiary alicyclic amines) is 1. The molecule has 1 atom stereocenters. The van der Waals surface area contributed by atoms with E-state index in [1.54, 1.807) is 7.05 Å². The van der Waals surface area contributed by atoms with Gasteiger partial charge in [-0.1, -0.05) is 6.92 Å². The van der Waals surface area contributed by atoms with Gasteiger partial charge in [0.25, 0.3) is 5.91 Å². The molecule has 6 nitrogen and oxygen atoms in total. The van der Waals surface area contributed by atoms with Crippen LogP contribution in [-0.2, 0) is 10.2 Å². The number of carbonyl (C=O) groups is 1. The van der Waals surface area contributed by atoms with E-state index < -0.39 is 0 Å². The number of nitrogens with one attached hydrogen (secondary N) is 1. The molecule has 2 aromatic heterocycles. The van der Waals surface area contributed by atoms with Gasteiger partial charge in [0.05, 0.1) is 5.69 Å². The van der Waals surface area contributed by atoms with Crippen molar-refractivity contribution >= 4 is 33.1 Å². The fraction of sp³-hybridized carbons (Fsp3) is 0.619. The third-order valence-electron chi connectivity index (χ3n) is 6.28. The van der Waals surface area contributed by atoms with Gasteiger partial charge in [0.15, 0.2) is 0 Å². The van der Waals surface area contributed by atoms with Crippen LogP contribution in [-0.4, -0.2) is 55.7 Å². The molecule has 1 unspecified atom stereocenters. The summed E-state index contributed by atoms with van der Waals surface area (Å²) in [6, 6.07) is 4.15. The van der Waals surface area contributed by atoms with Gasteiger partial charge < -0.3 is 20.7 Å². The van der Waals surface area contributed by atoms with E-state index >= 15 is 0 Å². The second kappa shape index (κ2) is 7.97. The number of nitrogens with two attached hydrogens (primary N) is 1. The predicted octanol–water partition coefficient (Wildman–Crippen LogP) is 3.02. The van der Waals surface area contributed by atoms with E-state index in [1.807, 2.05) is 6.07 Å². The average Bonchev–Trinajstić information content (AvgIpc) is 3.04. The van der Waals surface area contributed by atoms with Crippen LogP contribution in [0, 0.1) is 5.92 Å². The number of nitrogen functional groups attached to an aromatic ring is 1. The van der Waals surface area contributed by atoms with Crippen LogP contribution in [0.15, 0.2) is 12.1 Å². The number of piperidine rings is 1. The highest BCUT2D eigenvalue weighted by Gasteiger charge is 2.35. The Morgan fingerprint density at radius 1 is 1.43 bits per heavy atom. The lowest BCUT2D eigenvalue weighted by atomic mass is 9.78. The Labute approximate surface area is 170 Å². The number of rotatable bonds is 4. The SMILES string of the molecule is CNC(=O)c1sc2nc(C3(C)CCCN(CC4CCOCC4)C3)ccc2c1N. The van der Waals surface area contributed by atoms with E-state index in [9.17, 15) is 4.79 Å². The molecule has 4 heterocycles. The summed E-state index contributed by atoms with van der Waals surface area (Å²) >= 11 is 1.39. The number of anilines is 1. The molecule has 0 aromatic carbocycles. The average molecular weight is 403 g/mol. The van der Waals surface area contributed by atoms with Crippen LogP contribution in [0.4, 0.5) is 5.69 Å². The van der Waals surface area contributed by atoms with E-state index in [1.165, 1.54) is 37.1 Å². The minimum absolute atomic E-state index is 0.0313. The number of hydrogen-bond donors (Lipinski definition) is 2. The van der Waals surface area contributed by atoms with Crippen LogP contribution < -0.4 is 11.1 Å². The first-order chi connectivity index (χ1) is 13.5. The van der Waals surface area contributed by atoms with E-state index in [4.69, 9.17) is 15.5 Å². The second-order valence-corrected chi connectivity index (χ2v) is 9.43. The van der Waals surface area contributed by atoms with Gasteiger partial charge in [0.2, 0.25) is 0 Å². The fourth-order valence-corrected chi connectivity index (χ4v) is 5.66. The van der Waals surface area contributed by atoms with Crippen LogP contribution in [0.1, 0.15) is 48.0 Å². The molecule has 3 N–H and O–H groups in total. The van der Waals surface area contributed by atoms with E-state index in [2.05, 4.69) is 23.2 Å². The Kier molecular flexibility index (Phi) is 5.58. The monoisotopic (exact) mass is 402 g/mol. The van der Waals surface area contributed by atoms with Gasteiger partial charge >= 0.3 is 0 Å². The van der Waals surface area contributed by atoms with Crippen molar-refractivity contribution in [3.05, 3.63) is 22.7 Å². The predicted molar refractivity (Wildman–Crippen MR) is 114 cm³/mol. The van der Waals surface area contributed by atoms with E-state index in [-0.39, 0.29) is 11.3 Å².